The van der Waals surface area contributed by atoms with Crippen molar-refractivity contribution in [3.8, 4) is 0 Å². The highest BCUT2D eigenvalue weighted by Gasteiger charge is 2.36. The van der Waals surface area contributed by atoms with Crippen molar-refractivity contribution in [2.24, 2.45) is 0 Å². The molecule has 0 aliphatic carbocycles. The Bertz CT molecular complexity index is 228. The third kappa shape index (κ3) is 7.93. The van der Waals surface area contributed by atoms with Crippen LogP contribution in [0.3, 0.4) is 0 Å². The number of hydrogen-bond acceptors (Lipinski definition) is 7. The quantitative estimate of drug-likeness (QED) is 0.222. The van der Waals surface area contributed by atoms with E-state index in [1.54, 1.807) is 21.3 Å². The molecule has 0 amide bonds. The summed E-state index contributed by atoms with van der Waals surface area (Å²) in [5, 5.41) is 0. The van der Waals surface area contributed by atoms with Crippen LogP contribution in [0.15, 0.2) is 0 Å². The second-order valence-corrected chi connectivity index (χ2v) is 12.1. The minimum Gasteiger partial charge on any atom is -0.377 e. The molecule has 20 heavy (non-hydrogen) atoms. The van der Waals surface area contributed by atoms with Crippen LogP contribution in [0, 0.1) is 0 Å². The molecule has 0 aromatic rings. The van der Waals surface area contributed by atoms with Crippen LogP contribution in [0.2, 0.25) is 6.04 Å². The van der Waals surface area contributed by atoms with Crippen LogP contribution in [-0.4, -0.2) is 52.3 Å². The van der Waals surface area contributed by atoms with E-state index in [0.717, 1.165) is 18.2 Å². The zero-order chi connectivity index (χ0) is 15.6. The first-order chi connectivity index (χ1) is 9.42. The van der Waals surface area contributed by atoms with Crippen molar-refractivity contribution in [1.82, 2.24) is 4.31 Å². The average Bonchev–Trinajstić information content (AvgIpc) is 2.42. The number of nitrogens with zero attached hydrogens (tertiary/aromatic N) is 1. The topological polar surface area (TPSA) is 30.9 Å². The van der Waals surface area contributed by atoms with Gasteiger partial charge in [-0.15, -0.1) is 0 Å². The van der Waals surface area contributed by atoms with Crippen LogP contribution in [0.25, 0.3) is 0 Å². The van der Waals surface area contributed by atoms with E-state index in [-0.39, 0.29) is 0 Å². The van der Waals surface area contributed by atoms with Crippen LogP contribution in [0.5, 0.6) is 0 Å². The number of hydrogen-bond donors (Lipinski definition) is 0. The standard InChI is InChI=1S/C12H29NO3S3Si/c1-11(2)13(12(3)4)18-19-17-9-8-10-20(14-5,15-6)16-7/h11-12H,8-10H2,1-7H3. The first kappa shape index (κ1) is 21.1. The van der Waals surface area contributed by atoms with Gasteiger partial charge in [-0.05, 0) is 43.9 Å². The molecule has 0 atom stereocenters. The maximum absolute atomic E-state index is 5.41. The van der Waals surface area contributed by atoms with Crippen molar-refractivity contribution in [3.05, 3.63) is 0 Å². The van der Waals surface area contributed by atoms with Crippen LogP contribution in [-0.2, 0) is 13.3 Å². The van der Waals surface area contributed by atoms with E-state index >= 15 is 0 Å². The monoisotopic (exact) mass is 359 g/mol. The Morgan fingerprint density at radius 3 is 1.85 bits per heavy atom. The Kier molecular flexibility index (Phi) is 12.3. The highest BCUT2D eigenvalue weighted by molar-refractivity contribution is 9.09. The van der Waals surface area contributed by atoms with Gasteiger partial charge in [0, 0.05) is 56.2 Å². The molecule has 0 rings (SSSR count). The van der Waals surface area contributed by atoms with Crippen molar-refractivity contribution in [2.75, 3.05) is 27.1 Å². The molecule has 0 saturated carbocycles. The van der Waals surface area contributed by atoms with Gasteiger partial charge >= 0.3 is 8.80 Å². The van der Waals surface area contributed by atoms with Gasteiger partial charge in [-0.2, -0.15) is 0 Å². The van der Waals surface area contributed by atoms with Crippen molar-refractivity contribution in [2.45, 2.75) is 52.2 Å². The van der Waals surface area contributed by atoms with E-state index in [1.807, 2.05) is 31.6 Å². The zero-order valence-corrected chi connectivity index (χ0v) is 17.1. The van der Waals surface area contributed by atoms with Crippen molar-refractivity contribution in [1.29, 1.82) is 0 Å². The van der Waals surface area contributed by atoms with Gasteiger partial charge in [0.05, 0.1) is 0 Å². The maximum Gasteiger partial charge on any atom is 0.500 e. The molecule has 0 fully saturated rings. The maximum atomic E-state index is 5.41. The molecule has 0 aromatic heterocycles. The molecule has 0 radical (unpaired) electrons. The van der Waals surface area contributed by atoms with E-state index in [9.17, 15) is 0 Å². The fraction of sp³-hybridized carbons (Fsp3) is 1.00. The molecule has 0 heterocycles. The minimum absolute atomic E-state index is 0.559. The molecule has 0 aliphatic heterocycles. The van der Waals surface area contributed by atoms with Crippen LogP contribution >= 0.6 is 31.6 Å². The van der Waals surface area contributed by atoms with E-state index in [0.29, 0.717) is 12.1 Å². The summed E-state index contributed by atoms with van der Waals surface area (Å²) < 4.78 is 18.6. The lowest BCUT2D eigenvalue weighted by Crippen LogP contribution is -2.42. The highest BCUT2D eigenvalue weighted by Crippen LogP contribution is 2.39. The number of rotatable bonds is 12. The Morgan fingerprint density at radius 1 is 0.950 bits per heavy atom. The fourth-order valence-electron chi connectivity index (χ4n) is 1.76. The molecule has 0 saturated heterocycles. The van der Waals surface area contributed by atoms with Gasteiger partial charge in [0.25, 0.3) is 0 Å². The molecular formula is C12H29NO3S3Si. The molecule has 0 unspecified atom stereocenters. The summed E-state index contributed by atoms with van der Waals surface area (Å²) in [6, 6.07) is 1.99. The molecule has 8 heteroatoms. The lowest BCUT2D eigenvalue weighted by atomic mass is 10.3. The highest BCUT2D eigenvalue weighted by atomic mass is 33.5. The summed E-state index contributed by atoms with van der Waals surface area (Å²) in [5.41, 5.74) is 0. The van der Waals surface area contributed by atoms with E-state index in [4.69, 9.17) is 13.3 Å². The lowest BCUT2D eigenvalue weighted by molar-refractivity contribution is 0.123. The lowest BCUT2D eigenvalue weighted by Gasteiger charge is -2.27. The molecule has 0 aliphatic rings. The largest absolute Gasteiger partial charge is 0.500 e. The summed E-state index contributed by atoms with van der Waals surface area (Å²) in [4.78, 5) is 0. The first-order valence-electron chi connectivity index (χ1n) is 6.82. The molecule has 0 aromatic carbocycles. The zero-order valence-electron chi connectivity index (χ0n) is 13.7. The fourth-order valence-corrected chi connectivity index (χ4v) is 8.09. The smallest absolute Gasteiger partial charge is 0.377 e. The molecule has 4 nitrogen and oxygen atoms in total. The van der Waals surface area contributed by atoms with Gasteiger partial charge in [-0.1, -0.05) is 10.8 Å². The van der Waals surface area contributed by atoms with E-state index in [2.05, 4.69) is 32.0 Å². The van der Waals surface area contributed by atoms with Gasteiger partial charge < -0.3 is 13.3 Å². The summed E-state index contributed by atoms with van der Waals surface area (Å²) in [7, 11) is 8.19. The average molecular weight is 360 g/mol. The Balaban J connectivity index is 3.81. The Morgan fingerprint density at radius 2 is 1.45 bits per heavy atom. The molecule has 0 spiro atoms. The predicted molar refractivity (Wildman–Crippen MR) is 96.0 cm³/mol. The van der Waals surface area contributed by atoms with Crippen molar-refractivity contribution >= 4 is 40.4 Å². The molecular weight excluding hydrogens is 330 g/mol. The summed E-state index contributed by atoms with van der Waals surface area (Å²) in [5.74, 6) is 1.08. The van der Waals surface area contributed by atoms with E-state index < -0.39 is 8.80 Å². The van der Waals surface area contributed by atoms with Crippen molar-refractivity contribution in [3.63, 3.8) is 0 Å². The van der Waals surface area contributed by atoms with Gasteiger partial charge in [0.2, 0.25) is 0 Å². The second kappa shape index (κ2) is 11.6. The normalized spacial score (nSPS) is 12.9. The van der Waals surface area contributed by atoms with Gasteiger partial charge in [-0.3, -0.25) is 0 Å². The molecule has 122 valence electrons. The third-order valence-electron chi connectivity index (χ3n) is 2.83. The molecule has 0 N–H and O–H groups in total. The summed E-state index contributed by atoms with van der Waals surface area (Å²) in [6.45, 7) is 8.92. The second-order valence-electron chi connectivity index (χ2n) is 4.91. The Labute approximate surface area is 137 Å². The van der Waals surface area contributed by atoms with Gasteiger partial charge in [-0.25, -0.2) is 4.31 Å². The first-order valence-corrected chi connectivity index (χ1v) is 12.4. The van der Waals surface area contributed by atoms with Crippen LogP contribution < -0.4 is 0 Å². The Hall–Kier alpha value is 1.11. The SMILES string of the molecule is CO[Si](CCCSSSN(C(C)C)C(C)C)(OC)OC. The third-order valence-corrected chi connectivity index (χ3v) is 10.2. The van der Waals surface area contributed by atoms with Crippen LogP contribution in [0.1, 0.15) is 34.1 Å². The summed E-state index contributed by atoms with van der Waals surface area (Å²) in [6.07, 6.45) is 1.04. The van der Waals surface area contributed by atoms with Gasteiger partial charge in [0.1, 0.15) is 0 Å². The summed E-state index contributed by atoms with van der Waals surface area (Å²) >= 11 is 0. The molecule has 0 bridgehead atoms. The van der Waals surface area contributed by atoms with Crippen molar-refractivity contribution < 1.29 is 13.3 Å². The van der Waals surface area contributed by atoms with E-state index in [1.165, 1.54) is 0 Å². The van der Waals surface area contributed by atoms with Gasteiger partial charge in [0.15, 0.2) is 0 Å². The van der Waals surface area contributed by atoms with Crippen LogP contribution in [0.4, 0.5) is 0 Å². The minimum atomic E-state index is -2.37. The predicted octanol–water partition coefficient (Wildman–Crippen LogP) is 4.32.